The summed E-state index contributed by atoms with van der Waals surface area (Å²) >= 11 is 3.67. The van der Waals surface area contributed by atoms with Crippen molar-refractivity contribution in [1.29, 1.82) is 0 Å². The van der Waals surface area contributed by atoms with Gasteiger partial charge in [0.25, 0.3) is 11.8 Å². The number of esters is 1. The first-order valence-electron chi connectivity index (χ1n) is 11.8. The topological polar surface area (TPSA) is 195 Å². The number of carbonyl (C=O) groups is 4. The monoisotopic (exact) mass is 607 g/mol. The molecule has 3 aromatic rings. The number of aromatic nitrogens is 4. The highest BCUT2D eigenvalue weighted by Crippen LogP contribution is 2.40. The molecule has 0 saturated carbocycles. The zero-order valence-corrected chi connectivity index (χ0v) is 23.5. The molecule has 1 saturated heterocycles. The molecular formula is C22H23N8O7S3+. The van der Waals surface area contributed by atoms with E-state index in [-0.39, 0.29) is 47.9 Å². The lowest BCUT2D eigenvalue weighted by atomic mass is 10.0. The Morgan fingerprint density at radius 3 is 2.85 bits per heavy atom. The summed E-state index contributed by atoms with van der Waals surface area (Å²) in [4.78, 5) is 61.0. The number of nitrogens with zero attached hydrogens (tertiary/aromatic N) is 6. The standard InChI is InChI=1S/C22H22N8O7S3/c1-3-37-26-14(17-25-22(23)40-27-17)18(32)24-15-19(33)30-16(21(34)35)11(9-39-20(15)30)6-28-7-13-29(4-5-38-13)12(28)8-36-10(2)31/h4-5,7,15,20H,3,6,8-9H2,1-2H3,(H3-,23,24,25,27,32,34,35)/p+1/b26-14-/t15-,20-/m1/s1. The lowest BCUT2D eigenvalue weighted by Gasteiger charge is -2.49. The Kier molecular flexibility index (Phi) is 7.72. The molecule has 2 atom stereocenters. The summed E-state index contributed by atoms with van der Waals surface area (Å²) in [6.45, 7) is 3.33. The van der Waals surface area contributed by atoms with Crippen molar-refractivity contribution in [1.82, 2.24) is 24.0 Å². The fraction of sp³-hybridized carbons (Fsp3) is 0.364. The van der Waals surface area contributed by atoms with Crippen LogP contribution in [0.2, 0.25) is 0 Å². The molecule has 18 heteroatoms. The molecule has 15 nitrogen and oxygen atoms in total. The van der Waals surface area contributed by atoms with Gasteiger partial charge >= 0.3 is 17.8 Å². The first kappa shape index (κ1) is 27.5. The molecule has 40 heavy (non-hydrogen) atoms. The average molecular weight is 608 g/mol. The van der Waals surface area contributed by atoms with Gasteiger partial charge in [-0.05, 0) is 6.92 Å². The largest absolute Gasteiger partial charge is 0.477 e. The van der Waals surface area contributed by atoms with E-state index in [9.17, 15) is 24.3 Å². The molecule has 0 bridgehead atoms. The van der Waals surface area contributed by atoms with Crippen molar-refractivity contribution in [2.45, 2.75) is 38.4 Å². The highest BCUT2D eigenvalue weighted by atomic mass is 32.2. The molecule has 210 valence electrons. The molecule has 2 aliphatic heterocycles. The number of aliphatic carboxylic acids is 1. The van der Waals surface area contributed by atoms with Crippen LogP contribution >= 0.6 is 34.6 Å². The Balaban J connectivity index is 1.37. The fourth-order valence-electron chi connectivity index (χ4n) is 4.26. The number of nitrogens with one attached hydrogen (secondary N) is 1. The zero-order chi connectivity index (χ0) is 28.6. The number of carboxylic acid groups (broad SMARTS) is 1. The van der Waals surface area contributed by atoms with Crippen LogP contribution in [0.3, 0.4) is 0 Å². The van der Waals surface area contributed by atoms with Gasteiger partial charge in [-0.1, -0.05) is 16.5 Å². The number of carbonyl (C=O) groups excluding carboxylic acids is 3. The van der Waals surface area contributed by atoms with Gasteiger partial charge in [-0.2, -0.15) is 13.8 Å². The van der Waals surface area contributed by atoms with Gasteiger partial charge < -0.3 is 25.7 Å². The van der Waals surface area contributed by atoms with E-state index in [1.54, 1.807) is 11.5 Å². The molecule has 3 aromatic heterocycles. The minimum absolute atomic E-state index is 0.00639. The molecule has 0 unspecified atom stereocenters. The number of nitrogens with two attached hydrogens (primary N) is 1. The van der Waals surface area contributed by atoms with Crippen molar-refractivity contribution in [2.24, 2.45) is 5.16 Å². The second kappa shape index (κ2) is 11.2. The van der Waals surface area contributed by atoms with Crippen LogP contribution in [0, 0.1) is 0 Å². The highest BCUT2D eigenvalue weighted by Gasteiger charge is 2.54. The number of β-lactam (4-membered cyclic amide) rings is 1. The van der Waals surface area contributed by atoms with Gasteiger partial charge in [0.1, 0.15) is 42.7 Å². The van der Waals surface area contributed by atoms with E-state index in [4.69, 9.17) is 15.3 Å². The molecule has 5 rings (SSSR count). The van der Waals surface area contributed by atoms with E-state index in [0.29, 0.717) is 11.4 Å². The van der Waals surface area contributed by atoms with Crippen molar-refractivity contribution in [2.75, 3.05) is 18.1 Å². The molecule has 4 N–H and O–H groups in total. The van der Waals surface area contributed by atoms with Gasteiger partial charge in [0.15, 0.2) is 11.7 Å². The zero-order valence-electron chi connectivity index (χ0n) is 21.1. The van der Waals surface area contributed by atoms with Gasteiger partial charge in [0.2, 0.25) is 16.4 Å². The van der Waals surface area contributed by atoms with Crippen LogP contribution in [-0.4, -0.2) is 77.0 Å². The first-order valence-corrected chi connectivity index (χ1v) is 14.5. The second-order valence-electron chi connectivity index (χ2n) is 8.50. The molecule has 0 aromatic carbocycles. The molecule has 5 heterocycles. The number of hydrogen-bond acceptors (Lipinski definition) is 13. The lowest BCUT2D eigenvalue weighted by molar-refractivity contribution is -0.696. The van der Waals surface area contributed by atoms with Crippen molar-refractivity contribution < 1.29 is 38.4 Å². The predicted octanol–water partition coefficient (Wildman–Crippen LogP) is -0.0355. The van der Waals surface area contributed by atoms with Gasteiger partial charge in [-0.15, -0.1) is 11.8 Å². The third-order valence-corrected chi connectivity index (χ3v) is 8.65. The van der Waals surface area contributed by atoms with Crippen LogP contribution in [0.5, 0.6) is 0 Å². The molecule has 2 aliphatic rings. The number of nitrogen functional groups attached to an aromatic ring is 1. The number of fused-ring (bicyclic) bond motifs is 2. The molecule has 0 spiro atoms. The maximum atomic E-state index is 13.2. The van der Waals surface area contributed by atoms with Crippen molar-refractivity contribution in [3.05, 3.63) is 40.7 Å². The predicted molar refractivity (Wildman–Crippen MR) is 143 cm³/mol. The Bertz CT molecular complexity index is 1570. The second-order valence-corrected chi connectivity index (χ2v) is 11.3. The van der Waals surface area contributed by atoms with E-state index in [0.717, 1.165) is 16.4 Å². The SMILES string of the molecule is CCO/N=C(\C(=O)N[C@@H]1C(=O)N2C(C(=O)O)=C(C[n+]3cc4sccn4c3COC(C)=O)CS[C@H]12)c1nsc(N)n1. The number of hydrogen-bond donors (Lipinski definition) is 3. The number of anilines is 1. The van der Waals surface area contributed by atoms with E-state index in [1.165, 1.54) is 34.9 Å². The number of rotatable bonds is 10. The highest BCUT2D eigenvalue weighted by molar-refractivity contribution is 8.00. The van der Waals surface area contributed by atoms with Gasteiger partial charge in [0, 0.05) is 35.2 Å². The number of ether oxygens (including phenoxy) is 1. The summed E-state index contributed by atoms with van der Waals surface area (Å²) in [7, 11) is 0. The summed E-state index contributed by atoms with van der Waals surface area (Å²) in [5, 5.41) is 17.8. The molecule has 0 radical (unpaired) electrons. The van der Waals surface area contributed by atoms with Crippen molar-refractivity contribution in [3.63, 3.8) is 0 Å². The Morgan fingerprint density at radius 1 is 1.38 bits per heavy atom. The summed E-state index contributed by atoms with van der Waals surface area (Å²) < 4.78 is 12.9. The number of thiazole rings is 1. The number of carboxylic acids is 1. The van der Waals surface area contributed by atoms with E-state index < -0.39 is 35.2 Å². The smallest absolute Gasteiger partial charge is 0.352 e. The Morgan fingerprint density at radius 2 is 2.17 bits per heavy atom. The maximum absolute atomic E-state index is 13.2. The molecule has 0 aliphatic carbocycles. The van der Waals surface area contributed by atoms with Gasteiger partial charge in [-0.25, -0.2) is 9.36 Å². The first-order chi connectivity index (χ1) is 19.2. The van der Waals surface area contributed by atoms with Crippen LogP contribution in [0.4, 0.5) is 5.13 Å². The van der Waals surface area contributed by atoms with Crippen molar-refractivity contribution >= 4 is 74.1 Å². The van der Waals surface area contributed by atoms with Gasteiger partial charge in [-0.3, -0.25) is 19.3 Å². The minimum atomic E-state index is -1.26. The third-order valence-electron chi connectivity index (χ3n) is 5.97. The van der Waals surface area contributed by atoms with Gasteiger partial charge in [0.05, 0.1) is 0 Å². The maximum Gasteiger partial charge on any atom is 0.352 e. The van der Waals surface area contributed by atoms with Crippen molar-refractivity contribution in [3.8, 4) is 0 Å². The summed E-state index contributed by atoms with van der Waals surface area (Å²) in [5.74, 6) is -2.15. The van der Waals surface area contributed by atoms with Crippen LogP contribution in [0.1, 0.15) is 25.5 Å². The molecular weight excluding hydrogens is 584 g/mol. The lowest BCUT2D eigenvalue weighted by Crippen LogP contribution is -2.71. The number of thioether (sulfide) groups is 1. The van der Waals surface area contributed by atoms with E-state index in [2.05, 4.69) is 19.8 Å². The number of amides is 2. The fourth-order valence-corrected chi connectivity index (χ4v) is 6.82. The number of imidazole rings is 1. The number of oxime groups is 1. The van der Waals surface area contributed by atoms with E-state index in [1.807, 2.05) is 22.2 Å². The Labute approximate surface area is 238 Å². The van der Waals surface area contributed by atoms with Crippen LogP contribution in [-0.2, 0) is 41.9 Å². The normalized spacial score (nSPS) is 18.9. The quantitative estimate of drug-likeness (QED) is 0.0920. The summed E-state index contributed by atoms with van der Waals surface area (Å²) in [6, 6.07) is -0.997. The minimum Gasteiger partial charge on any atom is -0.477 e. The summed E-state index contributed by atoms with van der Waals surface area (Å²) in [5.41, 5.74) is 5.74. The molecule has 2 amide bonds. The third kappa shape index (κ3) is 5.11. The van der Waals surface area contributed by atoms with Crippen LogP contribution in [0.25, 0.3) is 4.83 Å². The van der Waals surface area contributed by atoms with Crippen LogP contribution in [0.15, 0.2) is 34.2 Å². The molecule has 1 fully saturated rings. The van der Waals surface area contributed by atoms with E-state index >= 15 is 0 Å². The average Bonchev–Trinajstić information content (AvgIpc) is 3.62. The van der Waals surface area contributed by atoms with Crippen LogP contribution < -0.4 is 15.6 Å². The summed E-state index contributed by atoms with van der Waals surface area (Å²) in [6.07, 6.45) is 3.67. The Hall–Kier alpha value is -4.03.